The van der Waals surface area contributed by atoms with Gasteiger partial charge in [0.1, 0.15) is 25.0 Å². The van der Waals surface area contributed by atoms with E-state index in [-0.39, 0.29) is 11.8 Å². The highest BCUT2D eigenvalue weighted by atomic mass is 16.5. The lowest BCUT2D eigenvalue weighted by Crippen LogP contribution is -2.21. The lowest BCUT2D eigenvalue weighted by Gasteiger charge is -2.12. The maximum absolute atomic E-state index is 12.3. The average molecular weight is 344 g/mol. The van der Waals surface area contributed by atoms with Gasteiger partial charge >= 0.3 is 5.97 Å². The Labute approximate surface area is 144 Å². The van der Waals surface area contributed by atoms with Crippen LogP contribution < -0.4 is 10.1 Å². The molecule has 8 heteroatoms. The van der Waals surface area contributed by atoms with E-state index in [0.29, 0.717) is 43.9 Å². The zero-order valence-corrected chi connectivity index (χ0v) is 13.7. The fourth-order valence-electron chi connectivity index (χ4n) is 2.96. The molecule has 2 aromatic rings. The summed E-state index contributed by atoms with van der Waals surface area (Å²) in [4.78, 5) is 27.2. The summed E-state index contributed by atoms with van der Waals surface area (Å²) in [7, 11) is 0. The Kier molecular flexibility index (Phi) is 5.27. The zero-order valence-electron chi connectivity index (χ0n) is 13.7. The molecule has 132 valence electrons. The summed E-state index contributed by atoms with van der Waals surface area (Å²) in [5.74, 6) is -0.977. The summed E-state index contributed by atoms with van der Waals surface area (Å²) in [5.41, 5.74) is 0.641. The van der Waals surface area contributed by atoms with E-state index in [1.165, 1.54) is 6.33 Å². The highest BCUT2D eigenvalue weighted by Gasteiger charge is 2.33. The quantitative estimate of drug-likeness (QED) is 0.793. The molecule has 1 amide bonds. The van der Waals surface area contributed by atoms with Crippen molar-refractivity contribution in [1.29, 1.82) is 0 Å². The minimum absolute atomic E-state index is 0.136. The molecule has 0 bridgehead atoms. The standard InChI is InChI=1S/C17H20N4O4/c22-16(12-4-5-13(8-12)17(23)24)20-14-2-1-3-15(9-14)25-7-6-21-11-18-10-19-21/h1-3,9-13H,4-8H2,(H,20,22)(H,23,24)/t12-,13+/m0/s1. The summed E-state index contributed by atoms with van der Waals surface area (Å²) in [6.45, 7) is 1.01. The second kappa shape index (κ2) is 7.78. The third-order valence-electron chi connectivity index (χ3n) is 4.31. The van der Waals surface area contributed by atoms with Crippen LogP contribution in [-0.2, 0) is 16.1 Å². The Morgan fingerprint density at radius 2 is 2.16 bits per heavy atom. The molecule has 0 spiro atoms. The fraction of sp³-hybridized carbons (Fsp3) is 0.412. The number of aromatic nitrogens is 3. The number of nitrogens with zero attached hydrogens (tertiary/aromatic N) is 3. The summed E-state index contributed by atoms with van der Waals surface area (Å²) >= 11 is 0. The molecule has 0 saturated heterocycles. The van der Waals surface area contributed by atoms with E-state index in [9.17, 15) is 9.59 Å². The molecular weight excluding hydrogens is 324 g/mol. The lowest BCUT2D eigenvalue weighted by molar-refractivity contribution is -0.141. The predicted octanol–water partition coefficient (Wildman–Crippen LogP) is 1.80. The van der Waals surface area contributed by atoms with Gasteiger partial charge in [-0.05, 0) is 31.4 Å². The van der Waals surface area contributed by atoms with Crippen molar-refractivity contribution in [2.75, 3.05) is 11.9 Å². The van der Waals surface area contributed by atoms with Crippen LogP contribution in [0.5, 0.6) is 5.75 Å². The Morgan fingerprint density at radius 1 is 1.32 bits per heavy atom. The molecule has 1 aromatic heterocycles. The van der Waals surface area contributed by atoms with E-state index in [2.05, 4.69) is 15.4 Å². The van der Waals surface area contributed by atoms with Gasteiger partial charge in [-0.15, -0.1) is 0 Å². The largest absolute Gasteiger partial charge is 0.492 e. The van der Waals surface area contributed by atoms with Gasteiger partial charge in [0.2, 0.25) is 5.91 Å². The first-order chi connectivity index (χ1) is 12.1. The molecule has 0 aliphatic heterocycles. The topological polar surface area (TPSA) is 106 Å². The first-order valence-electron chi connectivity index (χ1n) is 8.21. The SMILES string of the molecule is O=C(O)[C@@H]1CC[C@H](C(=O)Nc2cccc(OCCn3cncn3)c2)C1. The molecule has 8 nitrogen and oxygen atoms in total. The minimum atomic E-state index is -0.821. The van der Waals surface area contributed by atoms with E-state index in [4.69, 9.17) is 9.84 Å². The Bertz CT molecular complexity index is 732. The van der Waals surface area contributed by atoms with Crippen LogP contribution in [0, 0.1) is 11.8 Å². The van der Waals surface area contributed by atoms with E-state index >= 15 is 0 Å². The second-order valence-corrected chi connectivity index (χ2v) is 6.07. The number of carboxylic acid groups (broad SMARTS) is 1. The van der Waals surface area contributed by atoms with E-state index < -0.39 is 11.9 Å². The van der Waals surface area contributed by atoms with Crippen molar-refractivity contribution in [2.24, 2.45) is 11.8 Å². The number of anilines is 1. The van der Waals surface area contributed by atoms with E-state index in [1.807, 2.05) is 6.07 Å². The Hall–Kier alpha value is -2.90. The number of amides is 1. The van der Waals surface area contributed by atoms with Crippen molar-refractivity contribution >= 4 is 17.6 Å². The fourth-order valence-corrected chi connectivity index (χ4v) is 2.96. The van der Waals surface area contributed by atoms with Crippen molar-refractivity contribution in [3.8, 4) is 5.75 Å². The third-order valence-corrected chi connectivity index (χ3v) is 4.31. The number of nitrogens with one attached hydrogen (secondary N) is 1. The van der Waals surface area contributed by atoms with Crippen LogP contribution in [0.25, 0.3) is 0 Å². The molecule has 1 aliphatic rings. The first-order valence-corrected chi connectivity index (χ1v) is 8.21. The summed E-state index contributed by atoms with van der Waals surface area (Å²) in [6, 6.07) is 7.15. The van der Waals surface area contributed by atoms with Gasteiger partial charge in [0.05, 0.1) is 12.5 Å². The van der Waals surface area contributed by atoms with Gasteiger partial charge < -0.3 is 15.2 Å². The molecule has 0 unspecified atom stereocenters. The van der Waals surface area contributed by atoms with Crippen LogP contribution in [0.1, 0.15) is 19.3 Å². The molecule has 1 aliphatic carbocycles. The number of carbonyl (C=O) groups excluding carboxylic acids is 1. The van der Waals surface area contributed by atoms with Crippen LogP contribution in [0.2, 0.25) is 0 Å². The number of hydrogen-bond donors (Lipinski definition) is 2. The zero-order chi connectivity index (χ0) is 17.6. The second-order valence-electron chi connectivity index (χ2n) is 6.07. The van der Waals surface area contributed by atoms with Gasteiger partial charge in [0.25, 0.3) is 0 Å². The predicted molar refractivity (Wildman–Crippen MR) is 89.1 cm³/mol. The number of rotatable bonds is 7. The van der Waals surface area contributed by atoms with Gasteiger partial charge in [-0.2, -0.15) is 5.10 Å². The first kappa shape index (κ1) is 16.9. The van der Waals surface area contributed by atoms with Gasteiger partial charge in [-0.3, -0.25) is 9.59 Å². The Morgan fingerprint density at radius 3 is 2.88 bits per heavy atom. The number of ether oxygens (including phenoxy) is 1. The highest BCUT2D eigenvalue weighted by Crippen LogP contribution is 2.32. The average Bonchev–Trinajstić information content (AvgIpc) is 3.27. The highest BCUT2D eigenvalue weighted by molar-refractivity contribution is 5.93. The summed E-state index contributed by atoms with van der Waals surface area (Å²) < 4.78 is 7.33. The number of aliphatic carboxylic acids is 1. The van der Waals surface area contributed by atoms with E-state index in [1.54, 1.807) is 29.2 Å². The molecule has 2 N–H and O–H groups in total. The maximum atomic E-state index is 12.3. The summed E-state index contributed by atoms with van der Waals surface area (Å²) in [5, 5.41) is 15.9. The van der Waals surface area contributed by atoms with E-state index in [0.717, 1.165) is 0 Å². The molecule has 1 heterocycles. The maximum Gasteiger partial charge on any atom is 0.306 e. The number of carboxylic acids is 1. The van der Waals surface area contributed by atoms with Crippen molar-refractivity contribution in [2.45, 2.75) is 25.8 Å². The molecular formula is C17H20N4O4. The number of hydrogen-bond acceptors (Lipinski definition) is 5. The third kappa shape index (κ3) is 4.56. The van der Waals surface area contributed by atoms with Crippen LogP contribution in [0.3, 0.4) is 0 Å². The molecule has 25 heavy (non-hydrogen) atoms. The minimum Gasteiger partial charge on any atom is -0.492 e. The van der Waals surface area contributed by atoms with Gasteiger partial charge in [0, 0.05) is 17.7 Å². The number of benzene rings is 1. The van der Waals surface area contributed by atoms with Crippen molar-refractivity contribution in [3.05, 3.63) is 36.9 Å². The monoisotopic (exact) mass is 344 g/mol. The van der Waals surface area contributed by atoms with Gasteiger partial charge in [-0.25, -0.2) is 9.67 Å². The van der Waals surface area contributed by atoms with Crippen LogP contribution >= 0.6 is 0 Å². The van der Waals surface area contributed by atoms with Crippen LogP contribution in [0.15, 0.2) is 36.9 Å². The van der Waals surface area contributed by atoms with Crippen molar-refractivity contribution in [1.82, 2.24) is 14.8 Å². The molecule has 3 rings (SSSR count). The lowest BCUT2D eigenvalue weighted by atomic mass is 10.0. The molecule has 1 fully saturated rings. The number of carbonyl (C=O) groups is 2. The van der Waals surface area contributed by atoms with Gasteiger partial charge in [0.15, 0.2) is 0 Å². The Balaban J connectivity index is 1.51. The summed E-state index contributed by atoms with van der Waals surface area (Å²) in [6.07, 6.45) is 4.64. The van der Waals surface area contributed by atoms with Crippen molar-refractivity contribution in [3.63, 3.8) is 0 Å². The molecule has 1 aromatic carbocycles. The van der Waals surface area contributed by atoms with Crippen molar-refractivity contribution < 1.29 is 19.4 Å². The molecule has 2 atom stereocenters. The van der Waals surface area contributed by atoms with Crippen LogP contribution in [-0.4, -0.2) is 38.4 Å². The van der Waals surface area contributed by atoms with Crippen LogP contribution in [0.4, 0.5) is 5.69 Å². The molecule has 0 radical (unpaired) electrons. The smallest absolute Gasteiger partial charge is 0.306 e. The molecule has 1 saturated carbocycles. The normalized spacial score (nSPS) is 19.5. The van der Waals surface area contributed by atoms with Gasteiger partial charge in [-0.1, -0.05) is 6.07 Å².